The molecule has 14 heavy (non-hydrogen) atoms. The topological polar surface area (TPSA) is 46.2 Å². The monoisotopic (exact) mass is 527 g/mol. The molecule has 0 aromatic heterocycles. The largest absolute Gasteiger partial charge is 0.295 e. The maximum Gasteiger partial charge on any atom is 0.258 e. The van der Waals surface area contributed by atoms with E-state index in [1.165, 1.54) is 0 Å². The Kier molecular flexibility index (Phi) is 5.03. The zero-order valence-electron chi connectivity index (χ0n) is 6.68. The second-order valence-electron chi connectivity index (χ2n) is 2.34. The Balaban J connectivity index is 3.19. The summed E-state index contributed by atoms with van der Waals surface area (Å²) in [5.74, 6) is -0.360. The third-order valence-corrected chi connectivity index (χ3v) is 5.10. The van der Waals surface area contributed by atoms with Crippen LogP contribution in [0.2, 0.25) is 0 Å². The van der Waals surface area contributed by atoms with Gasteiger partial charge in [0.2, 0.25) is 6.41 Å². The van der Waals surface area contributed by atoms with Gasteiger partial charge >= 0.3 is 0 Å². The molecule has 1 aromatic carbocycles. The number of hydrogen-bond donors (Lipinski definition) is 1. The third-order valence-electron chi connectivity index (χ3n) is 1.43. The summed E-state index contributed by atoms with van der Waals surface area (Å²) in [6.07, 6.45) is 0.394. The van der Waals surface area contributed by atoms with E-state index < -0.39 is 0 Å². The number of hydrogen-bond acceptors (Lipinski definition) is 2. The lowest BCUT2D eigenvalue weighted by Crippen LogP contribution is -2.22. The predicted octanol–water partition coefficient (Wildman–Crippen LogP) is 2.39. The number of imide groups is 1. The first-order chi connectivity index (χ1) is 6.56. The van der Waals surface area contributed by atoms with Crippen LogP contribution < -0.4 is 5.32 Å². The molecule has 0 spiro atoms. The van der Waals surface area contributed by atoms with Gasteiger partial charge in [-0.2, -0.15) is 0 Å². The second kappa shape index (κ2) is 5.58. The Hall–Kier alpha value is 0.550. The Morgan fingerprint density at radius 1 is 1.29 bits per heavy atom. The second-order valence-corrected chi connectivity index (χ2v) is 5.83. The van der Waals surface area contributed by atoms with Crippen molar-refractivity contribution >= 4 is 80.1 Å². The van der Waals surface area contributed by atoms with Crippen LogP contribution in [-0.2, 0) is 4.79 Å². The fraction of sp³-hybridized carbons (Fsp3) is 0. The Labute approximate surface area is 122 Å². The fourth-order valence-corrected chi connectivity index (χ4v) is 3.25. The van der Waals surface area contributed by atoms with E-state index in [4.69, 9.17) is 0 Å². The maximum absolute atomic E-state index is 11.4. The van der Waals surface area contributed by atoms with Crippen molar-refractivity contribution in [2.45, 2.75) is 0 Å². The van der Waals surface area contributed by atoms with Crippen molar-refractivity contribution in [1.82, 2.24) is 5.32 Å². The highest BCUT2D eigenvalue weighted by Gasteiger charge is 2.12. The van der Waals surface area contributed by atoms with Gasteiger partial charge in [-0.25, -0.2) is 0 Å². The highest BCUT2D eigenvalue weighted by Crippen LogP contribution is 2.22. The Morgan fingerprint density at radius 2 is 1.93 bits per heavy atom. The first-order valence-corrected chi connectivity index (χ1v) is 6.69. The smallest absolute Gasteiger partial charge is 0.258 e. The molecule has 0 aliphatic rings. The number of rotatable bonds is 2. The van der Waals surface area contributed by atoms with Gasteiger partial charge in [0.25, 0.3) is 5.91 Å². The lowest BCUT2D eigenvalue weighted by Gasteiger charge is -2.05. The van der Waals surface area contributed by atoms with Crippen LogP contribution in [0.1, 0.15) is 10.4 Å². The number of halogens is 3. The molecule has 1 rings (SSSR count). The highest BCUT2D eigenvalue weighted by molar-refractivity contribution is 14.1. The molecule has 3 nitrogen and oxygen atoms in total. The molecule has 74 valence electrons. The van der Waals surface area contributed by atoms with Gasteiger partial charge in [0.05, 0.1) is 5.56 Å². The molecule has 2 amide bonds. The van der Waals surface area contributed by atoms with Crippen LogP contribution >= 0.6 is 67.8 Å². The normalized spacial score (nSPS) is 9.64. The third kappa shape index (κ3) is 3.02. The van der Waals surface area contributed by atoms with Crippen molar-refractivity contribution in [2.24, 2.45) is 0 Å². The summed E-state index contributed by atoms with van der Waals surface area (Å²) in [6.45, 7) is 0. The molecule has 6 heteroatoms. The molecule has 0 unspecified atom stereocenters. The van der Waals surface area contributed by atoms with Crippen LogP contribution in [0.25, 0.3) is 0 Å². The minimum absolute atomic E-state index is 0.360. The number of carbonyl (C=O) groups excluding carboxylic acids is 2. The molecule has 0 aliphatic heterocycles. The molecule has 0 heterocycles. The molecule has 0 aliphatic carbocycles. The summed E-state index contributed by atoms with van der Waals surface area (Å²) < 4.78 is 2.84. The summed E-state index contributed by atoms with van der Waals surface area (Å²) in [6, 6.07) is 3.73. The molecule has 1 aromatic rings. The van der Waals surface area contributed by atoms with Gasteiger partial charge in [-0.05, 0) is 79.9 Å². The SMILES string of the molecule is O=CNC(=O)c1cc(I)cc(I)c1I. The van der Waals surface area contributed by atoms with E-state index in [0.717, 1.165) is 10.7 Å². The van der Waals surface area contributed by atoms with Crippen LogP contribution in [0.15, 0.2) is 12.1 Å². The minimum atomic E-state index is -0.360. The number of nitrogens with one attached hydrogen (secondary N) is 1. The van der Waals surface area contributed by atoms with Crippen molar-refractivity contribution in [3.05, 3.63) is 28.4 Å². The lowest BCUT2D eigenvalue weighted by molar-refractivity contribution is -0.108. The van der Waals surface area contributed by atoms with Crippen molar-refractivity contribution in [2.75, 3.05) is 0 Å². The number of amides is 2. The molecular weight excluding hydrogens is 523 g/mol. The lowest BCUT2D eigenvalue weighted by atomic mass is 10.2. The van der Waals surface area contributed by atoms with Crippen molar-refractivity contribution in [3.63, 3.8) is 0 Å². The first-order valence-electron chi connectivity index (χ1n) is 3.45. The van der Waals surface area contributed by atoms with Crippen LogP contribution in [0, 0.1) is 10.7 Å². The minimum Gasteiger partial charge on any atom is -0.295 e. The number of carbonyl (C=O) groups is 2. The molecule has 0 bridgehead atoms. The standard InChI is InChI=1S/C8H4I3NO2/c9-4-1-5(8(14)12-3-13)7(11)6(10)2-4/h1-3H,(H,12,13,14). The van der Waals surface area contributed by atoms with Crippen molar-refractivity contribution in [1.29, 1.82) is 0 Å². The van der Waals surface area contributed by atoms with Crippen LogP contribution in [-0.4, -0.2) is 12.3 Å². The van der Waals surface area contributed by atoms with E-state index in [0.29, 0.717) is 12.0 Å². The number of benzene rings is 1. The zero-order valence-corrected chi connectivity index (χ0v) is 13.2. The molecule has 0 atom stereocenters. The van der Waals surface area contributed by atoms with E-state index in [2.05, 4.69) is 73.1 Å². The Morgan fingerprint density at radius 3 is 2.50 bits per heavy atom. The van der Waals surface area contributed by atoms with Crippen LogP contribution in [0.4, 0.5) is 0 Å². The predicted molar refractivity (Wildman–Crippen MR) is 78.1 cm³/mol. The quantitative estimate of drug-likeness (QED) is 0.366. The summed E-state index contributed by atoms with van der Waals surface area (Å²) in [7, 11) is 0. The fourth-order valence-electron chi connectivity index (χ4n) is 0.852. The van der Waals surface area contributed by atoms with Crippen molar-refractivity contribution in [3.8, 4) is 0 Å². The van der Waals surface area contributed by atoms with E-state index in [1.807, 2.05) is 6.07 Å². The van der Waals surface area contributed by atoms with Crippen LogP contribution in [0.3, 0.4) is 0 Å². The average Bonchev–Trinajstić information content (AvgIpc) is 2.11. The van der Waals surface area contributed by atoms with Gasteiger partial charge < -0.3 is 0 Å². The van der Waals surface area contributed by atoms with Gasteiger partial charge in [-0.1, -0.05) is 0 Å². The van der Waals surface area contributed by atoms with Crippen LogP contribution in [0.5, 0.6) is 0 Å². The van der Waals surface area contributed by atoms with E-state index in [-0.39, 0.29) is 5.91 Å². The average molecular weight is 527 g/mol. The van der Waals surface area contributed by atoms with E-state index >= 15 is 0 Å². The maximum atomic E-state index is 11.4. The van der Waals surface area contributed by atoms with Gasteiger partial charge in [0, 0.05) is 10.7 Å². The van der Waals surface area contributed by atoms with E-state index in [1.54, 1.807) is 6.07 Å². The Bertz CT molecular complexity index is 392. The van der Waals surface area contributed by atoms with Gasteiger partial charge in [-0.3, -0.25) is 14.9 Å². The van der Waals surface area contributed by atoms with Gasteiger partial charge in [0.15, 0.2) is 0 Å². The highest BCUT2D eigenvalue weighted by atomic mass is 127. The van der Waals surface area contributed by atoms with Gasteiger partial charge in [0.1, 0.15) is 0 Å². The molecule has 0 radical (unpaired) electrons. The summed E-state index contributed by atoms with van der Waals surface area (Å²) in [4.78, 5) is 21.5. The summed E-state index contributed by atoms with van der Waals surface area (Å²) >= 11 is 6.38. The summed E-state index contributed by atoms with van der Waals surface area (Å²) in [5, 5.41) is 2.13. The molecule has 0 saturated carbocycles. The molecule has 0 fully saturated rings. The van der Waals surface area contributed by atoms with E-state index in [9.17, 15) is 9.59 Å². The molecule has 0 saturated heterocycles. The molecular formula is C8H4I3NO2. The summed E-state index contributed by atoms with van der Waals surface area (Å²) in [5.41, 5.74) is 0.536. The van der Waals surface area contributed by atoms with Crippen molar-refractivity contribution < 1.29 is 9.59 Å². The zero-order chi connectivity index (χ0) is 10.7. The first kappa shape index (κ1) is 12.6. The molecule has 1 N–H and O–H groups in total. The van der Waals surface area contributed by atoms with Gasteiger partial charge in [-0.15, -0.1) is 0 Å².